The molecule has 3 rings (SSSR count). The summed E-state index contributed by atoms with van der Waals surface area (Å²) < 4.78 is 5.76. The second-order valence-electron chi connectivity index (χ2n) is 5.05. The zero-order valence-electron chi connectivity index (χ0n) is 11.7. The average molecular weight is 302 g/mol. The Morgan fingerprint density at radius 2 is 2.05 bits per heavy atom. The predicted molar refractivity (Wildman–Crippen MR) is 83.3 cm³/mol. The average Bonchev–Trinajstić information content (AvgIpc) is 3.04. The first kappa shape index (κ1) is 14.1. The molecule has 0 fully saturated rings. The third-order valence-electron chi connectivity index (χ3n) is 3.53. The van der Waals surface area contributed by atoms with E-state index >= 15 is 0 Å². The first-order chi connectivity index (χ1) is 10.3. The minimum Gasteiger partial charge on any atom is -0.371 e. The highest BCUT2D eigenvalue weighted by molar-refractivity contribution is 7.09. The van der Waals surface area contributed by atoms with Crippen molar-refractivity contribution in [3.63, 3.8) is 0 Å². The van der Waals surface area contributed by atoms with Gasteiger partial charge in [0.15, 0.2) is 0 Å². The first-order valence-electron chi connectivity index (χ1n) is 7.04. The zero-order valence-corrected chi connectivity index (χ0v) is 12.5. The molecule has 2 amide bonds. The van der Waals surface area contributed by atoms with Gasteiger partial charge in [-0.1, -0.05) is 30.3 Å². The summed E-state index contributed by atoms with van der Waals surface area (Å²) in [7, 11) is 0. The van der Waals surface area contributed by atoms with Gasteiger partial charge >= 0.3 is 6.03 Å². The molecule has 0 saturated carbocycles. The molecule has 5 heteroatoms. The van der Waals surface area contributed by atoms with Crippen molar-refractivity contribution in [3.05, 3.63) is 57.8 Å². The summed E-state index contributed by atoms with van der Waals surface area (Å²) >= 11 is 1.64. The topological polar surface area (TPSA) is 50.4 Å². The van der Waals surface area contributed by atoms with Crippen LogP contribution in [0.25, 0.3) is 0 Å². The van der Waals surface area contributed by atoms with Gasteiger partial charge in [-0.15, -0.1) is 11.3 Å². The van der Waals surface area contributed by atoms with Crippen LogP contribution in [0.15, 0.2) is 41.8 Å². The van der Waals surface area contributed by atoms with Crippen LogP contribution in [-0.2, 0) is 24.3 Å². The third kappa shape index (κ3) is 3.83. The highest BCUT2D eigenvalue weighted by Gasteiger charge is 2.19. The molecule has 0 aliphatic carbocycles. The van der Waals surface area contributed by atoms with Crippen LogP contribution >= 0.6 is 11.3 Å². The fourth-order valence-electron chi connectivity index (χ4n) is 2.39. The van der Waals surface area contributed by atoms with Crippen LogP contribution < -0.4 is 10.6 Å². The minimum atomic E-state index is -0.147. The zero-order chi connectivity index (χ0) is 14.5. The Labute approximate surface area is 128 Å². The van der Waals surface area contributed by atoms with Gasteiger partial charge in [-0.05, 0) is 22.6 Å². The summed E-state index contributed by atoms with van der Waals surface area (Å²) in [5.41, 5.74) is 2.56. The van der Waals surface area contributed by atoms with E-state index in [1.165, 1.54) is 11.1 Å². The van der Waals surface area contributed by atoms with Crippen LogP contribution in [0.2, 0.25) is 0 Å². The van der Waals surface area contributed by atoms with Gasteiger partial charge in [0.05, 0.1) is 19.3 Å². The normalized spacial score (nSPS) is 17.0. The van der Waals surface area contributed by atoms with Gasteiger partial charge in [0.2, 0.25) is 0 Å². The molecule has 110 valence electrons. The van der Waals surface area contributed by atoms with Crippen LogP contribution in [-0.4, -0.2) is 18.7 Å². The molecule has 2 N–H and O–H groups in total. The number of amides is 2. The maximum absolute atomic E-state index is 11.8. The van der Waals surface area contributed by atoms with E-state index in [0.29, 0.717) is 19.7 Å². The van der Waals surface area contributed by atoms with Gasteiger partial charge in [-0.25, -0.2) is 4.79 Å². The Bertz CT molecular complexity index is 598. The van der Waals surface area contributed by atoms with Crippen LogP contribution in [0.5, 0.6) is 0 Å². The van der Waals surface area contributed by atoms with Crippen molar-refractivity contribution in [2.75, 3.05) is 6.54 Å². The lowest BCUT2D eigenvalue weighted by Crippen LogP contribution is -2.41. The van der Waals surface area contributed by atoms with E-state index in [9.17, 15) is 4.79 Å². The van der Waals surface area contributed by atoms with Crippen molar-refractivity contribution in [1.82, 2.24) is 10.6 Å². The SMILES string of the molecule is O=C(NCc1cccs1)NCC1Cc2ccccc2CO1. The standard InChI is InChI=1S/C16H18N2O2S/c19-16(18-10-15-6-3-7-21-15)17-9-14-8-12-4-1-2-5-13(12)11-20-14/h1-7,14H,8-11H2,(H2,17,18,19). The molecule has 1 aliphatic heterocycles. The van der Waals surface area contributed by atoms with Crippen LogP contribution in [0.4, 0.5) is 4.79 Å². The van der Waals surface area contributed by atoms with Gasteiger partial charge in [0, 0.05) is 17.8 Å². The molecular formula is C16H18N2O2S. The molecule has 0 spiro atoms. The molecule has 4 nitrogen and oxygen atoms in total. The summed E-state index contributed by atoms with van der Waals surface area (Å²) in [6.45, 7) is 1.72. The summed E-state index contributed by atoms with van der Waals surface area (Å²) in [5.74, 6) is 0. The van der Waals surface area contributed by atoms with E-state index in [0.717, 1.165) is 11.3 Å². The summed E-state index contributed by atoms with van der Waals surface area (Å²) in [6, 6.07) is 12.1. The van der Waals surface area contributed by atoms with Crippen molar-refractivity contribution >= 4 is 17.4 Å². The lowest BCUT2D eigenvalue weighted by molar-refractivity contribution is 0.0305. The Balaban J connectivity index is 1.42. The Morgan fingerprint density at radius 3 is 2.86 bits per heavy atom. The molecule has 2 heterocycles. The first-order valence-corrected chi connectivity index (χ1v) is 7.91. The second kappa shape index (κ2) is 6.74. The molecule has 1 unspecified atom stereocenters. The number of hydrogen-bond donors (Lipinski definition) is 2. The largest absolute Gasteiger partial charge is 0.371 e. The number of carbonyl (C=O) groups is 1. The van der Waals surface area contributed by atoms with Crippen molar-refractivity contribution in [2.24, 2.45) is 0 Å². The number of ether oxygens (including phenoxy) is 1. The molecule has 0 saturated heterocycles. The third-order valence-corrected chi connectivity index (χ3v) is 4.41. The number of fused-ring (bicyclic) bond motifs is 1. The highest BCUT2D eigenvalue weighted by atomic mass is 32.1. The maximum atomic E-state index is 11.8. The lowest BCUT2D eigenvalue weighted by atomic mass is 9.99. The number of rotatable bonds is 4. The molecule has 1 atom stereocenters. The Kier molecular flexibility index (Phi) is 4.52. The number of carbonyl (C=O) groups excluding carboxylic acids is 1. The van der Waals surface area contributed by atoms with Crippen molar-refractivity contribution in [2.45, 2.75) is 25.7 Å². The summed E-state index contributed by atoms with van der Waals surface area (Å²) in [6.07, 6.45) is 0.897. The molecule has 21 heavy (non-hydrogen) atoms. The Morgan fingerprint density at radius 1 is 1.19 bits per heavy atom. The molecule has 0 bridgehead atoms. The van der Waals surface area contributed by atoms with Gasteiger partial charge in [0.1, 0.15) is 0 Å². The number of thiophene rings is 1. The second-order valence-corrected chi connectivity index (χ2v) is 6.08. The van der Waals surface area contributed by atoms with E-state index in [1.807, 2.05) is 29.6 Å². The summed E-state index contributed by atoms with van der Waals surface area (Å²) in [4.78, 5) is 12.9. The van der Waals surface area contributed by atoms with Crippen molar-refractivity contribution in [3.8, 4) is 0 Å². The summed E-state index contributed by atoms with van der Waals surface area (Å²) in [5, 5.41) is 7.73. The van der Waals surface area contributed by atoms with Crippen LogP contribution in [0.1, 0.15) is 16.0 Å². The number of nitrogens with one attached hydrogen (secondary N) is 2. The highest BCUT2D eigenvalue weighted by Crippen LogP contribution is 2.19. The molecule has 2 aromatic rings. The van der Waals surface area contributed by atoms with E-state index in [-0.39, 0.29) is 12.1 Å². The molecule has 1 aromatic heterocycles. The molecule has 0 radical (unpaired) electrons. The van der Waals surface area contributed by atoms with Crippen molar-refractivity contribution < 1.29 is 9.53 Å². The maximum Gasteiger partial charge on any atom is 0.315 e. The lowest BCUT2D eigenvalue weighted by Gasteiger charge is -2.25. The van der Waals surface area contributed by atoms with Crippen molar-refractivity contribution in [1.29, 1.82) is 0 Å². The smallest absolute Gasteiger partial charge is 0.315 e. The Hall–Kier alpha value is -1.85. The van der Waals surface area contributed by atoms with Gasteiger partial charge in [-0.2, -0.15) is 0 Å². The van der Waals surface area contributed by atoms with Crippen LogP contribution in [0, 0.1) is 0 Å². The molecule has 1 aromatic carbocycles. The number of urea groups is 1. The molecule has 1 aliphatic rings. The van der Waals surface area contributed by atoms with Gasteiger partial charge < -0.3 is 15.4 Å². The minimum absolute atomic E-state index is 0.0485. The van der Waals surface area contributed by atoms with Crippen LogP contribution in [0.3, 0.4) is 0 Å². The van der Waals surface area contributed by atoms with E-state index in [4.69, 9.17) is 4.74 Å². The quantitative estimate of drug-likeness (QED) is 0.912. The van der Waals surface area contributed by atoms with E-state index < -0.39 is 0 Å². The monoisotopic (exact) mass is 302 g/mol. The van der Waals surface area contributed by atoms with Gasteiger partial charge in [-0.3, -0.25) is 0 Å². The fourth-order valence-corrected chi connectivity index (χ4v) is 3.03. The predicted octanol–water partition coefficient (Wildman–Crippen LogP) is 2.69. The van der Waals surface area contributed by atoms with Gasteiger partial charge in [0.25, 0.3) is 0 Å². The number of hydrogen-bond acceptors (Lipinski definition) is 3. The number of benzene rings is 1. The van der Waals surface area contributed by atoms with E-state index in [1.54, 1.807) is 11.3 Å². The fraction of sp³-hybridized carbons (Fsp3) is 0.312. The van der Waals surface area contributed by atoms with E-state index in [2.05, 4.69) is 22.8 Å². The molecular weight excluding hydrogens is 284 g/mol.